The van der Waals surface area contributed by atoms with Gasteiger partial charge in [-0.1, -0.05) is 53.3 Å². The van der Waals surface area contributed by atoms with E-state index in [1.54, 1.807) is 22.9 Å². The first-order valence-corrected chi connectivity index (χ1v) is 9.75. The van der Waals surface area contributed by atoms with Crippen molar-refractivity contribution in [2.24, 2.45) is 0 Å². The molecule has 2 aromatic heterocycles. The number of rotatable bonds is 4. The Morgan fingerprint density at radius 3 is 2.61 bits per heavy atom. The third-order valence-corrected chi connectivity index (χ3v) is 5.52. The van der Waals surface area contributed by atoms with Crippen molar-refractivity contribution in [1.29, 1.82) is 0 Å². The normalized spacial score (nSPS) is 10.9. The van der Waals surface area contributed by atoms with E-state index in [1.807, 2.05) is 56.3 Å². The number of hydrogen-bond donors (Lipinski definition) is 1. The summed E-state index contributed by atoms with van der Waals surface area (Å²) in [5.41, 5.74) is 3.87. The predicted molar refractivity (Wildman–Crippen MR) is 113 cm³/mol. The van der Waals surface area contributed by atoms with E-state index < -0.39 is 5.91 Å². The summed E-state index contributed by atoms with van der Waals surface area (Å²) in [6.07, 6.45) is 1.69. The summed E-state index contributed by atoms with van der Waals surface area (Å²) >= 11 is 1.40. The number of nitrogens with one attached hydrogen (secondary N) is 1. The van der Waals surface area contributed by atoms with Gasteiger partial charge in [-0.2, -0.15) is 0 Å². The van der Waals surface area contributed by atoms with Crippen molar-refractivity contribution >= 4 is 32.6 Å². The smallest absolute Gasteiger partial charge is 0.263 e. The van der Waals surface area contributed by atoms with Crippen LogP contribution in [0.2, 0.25) is 0 Å². The number of fused-ring (bicyclic) bond motifs is 1. The molecule has 2 aromatic carbocycles. The Labute approximate surface area is 166 Å². The van der Waals surface area contributed by atoms with Gasteiger partial charge in [-0.15, -0.1) is 0 Å². The number of carbonyl (C=O) groups is 1. The van der Waals surface area contributed by atoms with Gasteiger partial charge in [0, 0.05) is 6.20 Å². The number of nitrogens with zero attached hydrogens (tertiary/aromatic N) is 2. The lowest BCUT2D eigenvalue weighted by Crippen LogP contribution is -2.29. The minimum Gasteiger partial charge on any atom is -0.310 e. The molecule has 0 aliphatic heterocycles. The monoisotopic (exact) mass is 389 g/mol. The van der Waals surface area contributed by atoms with Crippen molar-refractivity contribution in [3.8, 4) is 0 Å². The van der Waals surface area contributed by atoms with Crippen molar-refractivity contribution in [2.75, 3.05) is 5.32 Å². The number of anilines is 1. The van der Waals surface area contributed by atoms with Crippen LogP contribution in [0.15, 0.2) is 65.6 Å². The molecule has 4 rings (SSSR count). The number of hydrogen-bond acceptors (Lipinski definition) is 4. The molecule has 1 N–H and O–H groups in total. The summed E-state index contributed by atoms with van der Waals surface area (Å²) in [6.45, 7) is 4.42. The molecule has 0 fully saturated rings. The summed E-state index contributed by atoms with van der Waals surface area (Å²) in [5.74, 6) is -0.444. The molecule has 0 aliphatic carbocycles. The quantitative estimate of drug-likeness (QED) is 0.563. The Morgan fingerprint density at radius 1 is 1.07 bits per heavy atom. The number of carbonyl (C=O) groups excluding carboxylic acids is 1. The van der Waals surface area contributed by atoms with E-state index in [2.05, 4.69) is 10.3 Å². The highest BCUT2D eigenvalue weighted by Crippen LogP contribution is 2.28. The second kappa shape index (κ2) is 7.40. The Bertz CT molecular complexity index is 1220. The second-order valence-corrected chi connectivity index (χ2v) is 7.77. The summed E-state index contributed by atoms with van der Waals surface area (Å²) in [5, 5.41) is 3.26. The summed E-state index contributed by atoms with van der Waals surface area (Å²) in [7, 11) is 0. The fraction of sp³-hybridized carbons (Fsp3) is 0.136. The summed E-state index contributed by atoms with van der Waals surface area (Å²) in [4.78, 5) is 30.0. The van der Waals surface area contributed by atoms with Crippen LogP contribution < -0.4 is 10.9 Å². The van der Waals surface area contributed by atoms with Gasteiger partial charge in [0.15, 0.2) is 5.13 Å². The van der Waals surface area contributed by atoms with Gasteiger partial charge in [0.05, 0.1) is 16.8 Å². The molecule has 0 saturated carbocycles. The van der Waals surface area contributed by atoms with Gasteiger partial charge in [-0.05, 0) is 43.2 Å². The Morgan fingerprint density at radius 2 is 1.86 bits per heavy atom. The molecule has 0 radical (unpaired) electrons. The van der Waals surface area contributed by atoms with Crippen LogP contribution in [-0.4, -0.2) is 15.5 Å². The lowest BCUT2D eigenvalue weighted by molar-refractivity contribution is 0.102. The molecule has 1 amide bonds. The maximum absolute atomic E-state index is 12.8. The first-order chi connectivity index (χ1) is 13.5. The number of aryl methyl sites for hydroxylation is 2. The van der Waals surface area contributed by atoms with Gasteiger partial charge in [0.1, 0.15) is 5.56 Å². The van der Waals surface area contributed by atoms with Gasteiger partial charge in [-0.25, -0.2) is 4.98 Å². The summed E-state index contributed by atoms with van der Waals surface area (Å²) < 4.78 is 2.54. The maximum Gasteiger partial charge on any atom is 0.263 e. The number of benzene rings is 2. The first-order valence-electron chi connectivity index (χ1n) is 8.94. The number of amides is 1. The van der Waals surface area contributed by atoms with Crippen molar-refractivity contribution in [3.05, 3.63) is 93.4 Å². The molecular formula is C22H19N3O2S. The van der Waals surface area contributed by atoms with Crippen molar-refractivity contribution < 1.29 is 4.79 Å². The Kier molecular flexibility index (Phi) is 4.79. The zero-order valence-corrected chi connectivity index (χ0v) is 16.4. The van der Waals surface area contributed by atoms with E-state index in [-0.39, 0.29) is 11.1 Å². The van der Waals surface area contributed by atoms with E-state index in [0.29, 0.717) is 11.7 Å². The Hall–Kier alpha value is -3.25. The van der Waals surface area contributed by atoms with E-state index in [0.717, 1.165) is 26.9 Å². The van der Waals surface area contributed by atoms with Crippen LogP contribution in [-0.2, 0) is 6.54 Å². The van der Waals surface area contributed by atoms with Crippen LogP contribution in [0.3, 0.4) is 0 Å². The van der Waals surface area contributed by atoms with Gasteiger partial charge in [0.2, 0.25) is 0 Å². The molecule has 140 valence electrons. The third-order valence-electron chi connectivity index (χ3n) is 4.58. The van der Waals surface area contributed by atoms with Gasteiger partial charge in [-0.3, -0.25) is 14.9 Å². The third kappa shape index (κ3) is 3.59. The van der Waals surface area contributed by atoms with Crippen LogP contribution in [0.25, 0.3) is 10.2 Å². The minimum absolute atomic E-state index is 0.102. The van der Waals surface area contributed by atoms with Crippen LogP contribution in [0.1, 0.15) is 27.0 Å². The minimum atomic E-state index is -0.444. The van der Waals surface area contributed by atoms with Gasteiger partial charge in [0.25, 0.3) is 11.5 Å². The maximum atomic E-state index is 12.8. The molecule has 6 heteroatoms. The topological polar surface area (TPSA) is 64.0 Å². The molecule has 0 atom stereocenters. The predicted octanol–water partition coefficient (Wildman–Crippen LogP) is 4.38. The van der Waals surface area contributed by atoms with Crippen molar-refractivity contribution in [2.45, 2.75) is 20.4 Å². The molecule has 4 aromatic rings. The average molecular weight is 389 g/mol. The fourth-order valence-corrected chi connectivity index (χ4v) is 3.97. The molecular weight excluding hydrogens is 370 g/mol. The molecule has 0 bridgehead atoms. The highest BCUT2D eigenvalue weighted by molar-refractivity contribution is 7.22. The van der Waals surface area contributed by atoms with Crippen molar-refractivity contribution in [1.82, 2.24) is 9.55 Å². The number of aromatic nitrogens is 2. The zero-order valence-electron chi connectivity index (χ0n) is 15.6. The molecule has 0 saturated heterocycles. The molecule has 0 aliphatic rings. The van der Waals surface area contributed by atoms with Crippen LogP contribution >= 0.6 is 11.3 Å². The van der Waals surface area contributed by atoms with Gasteiger partial charge < -0.3 is 4.57 Å². The lowest BCUT2D eigenvalue weighted by atomic mass is 10.1. The molecule has 2 heterocycles. The first kappa shape index (κ1) is 18.1. The molecule has 5 nitrogen and oxygen atoms in total. The van der Waals surface area contributed by atoms with Crippen LogP contribution in [0.4, 0.5) is 5.13 Å². The lowest BCUT2D eigenvalue weighted by Gasteiger charge is -2.08. The van der Waals surface area contributed by atoms with E-state index in [4.69, 9.17) is 0 Å². The summed E-state index contributed by atoms with van der Waals surface area (Å²) in [6, 6.07) is 17.1. The zero-order chi connectivity index (χ0) is 19.7. The number of thiazole rings is 1. The highest BCUT2D eigenvalue weighted by Gasteiger charge is 2.15. The Balaban J connectivity index is 1.59. The standard InChI is InChI=1S/C22H19N3O2S/c1-14-8-10-16(11-9-14)13-25-12-4-6-17(21(25)27)20(26)24-22-23-19-15(2)5-3-7-18(19)28-22/h3-12H,13H2,1-2H3,(H,23,24,26). The van der Waals surface area contributed by atoms with E-state index >= 15 is 0 Å². The second-order valence-electron chi connectivity index (χ2n) is 6.74. The van der Waals surface area contributed by atoms with Crippen LogP contribution in [0.5, 0.6) is 0 Å². The highest BCUT2D eigenvalue weighted by atomic mass is 32.1. The van der Waals surface area contributed by atoms with Gasteiger partial charge >= 0.3 is 0 Å². The molecule has 0 spiro atoms. The number of para-hydroxylation sites is 1. The average Bonchev–Trinajstić information content (AvgIpc) is 3.09. The fourth-order valence-electron chi connectivity index (χ4n) is 3.03. The SMILES string of the molecule is Cc1ccc(Cn2cccc(C(=O)Nc3nc4c(C)cccc4s3)c2=O)cc1. The van der Waals surface area contributed by atoms with Crippen LogP contribution in [0, 0.1) is 13.8 Å². The van der Waals surface area contributed by atoms with E-state index in [1.165, 1.54) is 11.3 Å². The molecule has 28 heavy (non-hydrogen) atoms. The number of pyridine rings is 1. The van der Waals surface area contributed by atoms with Crippen molar-refractivity contribution in [3.63, 3.8) is 0 Å². The molecule has 0 unspecified atom stereocenters. The largest absolute Gasteiger partial charge is 0.310 e. The van der Waals surface area contributed by atoms with E-state index in [9.17, 15) is 9.59 Å².